The van der Waals surface area contributed by atoms with E-state index in [1.807, 2.05) is 49.4 Å². The van der Waals surface area contributed by atoms with E-state index in [1.54, 1.807) is 10.8 Å². The number of para-hydroxylation sites is 2. The number of aromatic nitrogens is 3. The van der Waals surface area contributed by atoms with E-state index in [0.717, 1.165) is 28.5 Å². The number of hydrogen-bond acceptors (Lipinski definition) is 5. The molecule has 128 valence electrons. The summed E-state index contributed by atoms with van der Waals surface area (Å²) < 4.78 is 1.68. The Morgan fingerprint density at radius 1 is 1.20 bits per heavy atom. The highest BCUT2D eigenvalue weighted by Crippen LogP contribution is 2.16. The topological polar surface area (TPSA) is 76.9 Å². The number of nitrogens with one attached hydrogen (secondary N) is 1. The number of thioether (sulfide) groups is 1. The molecular weight excluding hydrogens is 336 g/mol. The monoisotopic (exact) mass is 354 g/mol. The average molecular weight is 354 g/mol. The van der Waals surface area contributed by atoms with Crippen LogP contribution in [0, 0.1) is 0 Å². The minimum absolute atomic E-state index is 0.136. The zero-order valence-corrected chi connectivity index (χ0v) is 14.6. The van der Waals surface area contributed by atoms with Crippen LogP contribution in [0.2, 0.25) is 0 Å². The predicted molar refractivity (Wildman–Crippen MR) is 98.5 cm³/mol. The lowest BCUT2D eigenvalue weighted by Gasteiger charge is -2.10. The maximum Gasteiger partial charge on any atom is 0.283 e. The van der Waals surface area contributed by atoms with Gasteiger partial charge in [-0.15, -0.1) is 0 Å². The number of carbonyl (C=O) groups excluding carboxylic acids is 1. The Bertz CT molecular complexity index is 941. The lowest BCUT2D eigenvalue weighted by Crippen LogP contribution is -2.27. The molecule has 0 aliphatic carbocycles. The first-order valence-corrected chi connectivity index (χ1v) is 8.96. The third kappa shape index (κ3) is 4.06. The van der Waals surface area contributed by atoms with E-state index in [0.29, 0.717) is 18.1 Å². The fourth-order valence-electron chi connectivity index (χ4n) is 2.45. The van der Waals surface area contributed by atoms with E-state index in [1.165, 1.54) is 0 Å². The van der Waals surface area contributed by atoms with Crippen molar-refractivity contribution in [3.05, 3.63) is 64.7 Å². The fraction of sp³-hybridized carbons (Fsp3) is 0.222. The zero-order valence-electron chi connectivity index (χ0n) is 13.8. The van der Waals surface area contributed by atoms with Gasteiger partial charge in [-0.3, -0.25) is 14.6 Å². The number of amides is 1. The summed E-state index contributed by atoms with van der Waals surface area (Å²) >= 11 is 1.16. The molecule has 7 heteroatoms. The average Bonchev–Trinajstić information content (AvgIpc) is 2.65. The first-order valence-electron chi connectivity index (χ1n) is 7.98. The minimum atomic E-state index is -0.163. The molecule has 3 rings (SSSR count). The van der Waals surface area contributed by atoms with E-state index in [4.69, 9.17) is 0 Å². The molecule has 0 atom stereocenters. The number of rotatable bonds is 6. The van der Waals surface area contributed by atoms with Gasteiger partial charge in [0.2, 0.25) is 5.91 Å². The van der Waals surface area contributed by atoms with Gasteiger partial charge in [0.05, 0.1) is 29.0 Å². The molecule has 1 amide bonds. The zero-order chi connectivity index (χ0) is 17.6. The first-order chi connectivity index (χ1) is 12.2. The summed E-state index contributed by atoms with van der Waals surface area (Å²) in [5, 5.41) is 3.14. The van der Waals surface area contributed by atoms with Crippen LogP contribution in [-0.2, 0) is 17.9 Å². The van der Waals surface area contributed by atoms with Crippen molar-refractivity contribution in [3.63, 3.8) is 0 Å². The van der Waals surface area contributed by atoms with E-state index in [2.05, 4.69) is 15.3 Å². The second-order valence-electron chi connectivity index (χ2n) is 5.34. The molecule has 0 aliphatic rings. The Kier molecular flexibility index (Phi) is 5.45. The highest BCUT2D eigenvalue weighted by molar-refractivity contribution is 7.99. The summed E-state index contributed by atoms with van der Waals surface area (Å²) in [7, 11) is 0. The molecule has 0 unspecified atom stereocenters. The molecule has 0 aliphatic heterocycles. The van der Waals surface area contributed by atoms with Crippen molar-refractivity contribution in [2.45, 2.75) is 25.0 Å². The Labute approximate surface area is 149 Å². The quantitative estimate of drug-likeness (QED) is 0.687. The number of nitrogens with zero attached hydrogens (tertiary/aromatic N) is 3. The van der Waals surface area contributed by atoms with Crippen molar-refractivity contribution in [3.8, 4) is 0 Å². The molecule has 1 aromatic carbocycles. The van der Waals surface area contributed by atoms with Gasteiger partial charge >= 0.3 is 0 Å². The lowest BCUT2D eigenvalue weighted by molar-refractivity contribution is -0.118. The summed E-state index contributed by atoms with van der Waals surface area (Å²) in [5.41, 5.74) is 2.18. The smallest absolute Gasteiger partial charge is 0.283 e. The molecule has 1 N–H and O–H groups in total. The van der Waals surface area contributed by atoms with Crippen LogP contribution < -0.4 is 10.9 Å². The van der Waals surface area contributed by atoms with Crippen LogP contribution in [0.25, 0.3) is 11.0 Å². The third-order valence-corrected chi connectivity index (χ3v) is 4.62. The Balaban J connectivity index is 1.69. The van der Waals surface area contributed by atoms with Crippen LogP contribution in [0.4, 0.5) is 0 Å². The first kappa shape index (κ1) is 17.2. The number of fused-ring (bicyclic) bond motifs is 1. The van der Waals surface area contributed by atoms with Crippen molar-refractivity contribution >= 4 is 28.7 Å². The Morgan fingerprint density at radius 3 is 2.76 bits per heavy atom. The summed E-state index contributed by atoms with van der Waals surface area (Å²) in [6, 6.07) is 13.0. The molecule has 2 aromatic heterocycles. The Morgan fingerprint density at radius 2 is 2.00 bits per heavy atom. The van der Waals surface area contributed by atoms with Crippen LogP contribution in [0.3, 0.4) is 0 Å². The van der Waals surface area contributed by atoms with Crippen molar-refractivity contribution in [2.75, 3.05) is 5.75 Å². The normalized spacial score (nSPS) is 10.8. The second-order valence-corrected chi connectivity index (χ2v) is 6.31. The summed E-state index contributed by atoms with van der Waals surface area (Å²) in [6.07, 6.45) is 1.68. The standard InChI is InChI=1S/C18H18N4O2S/c1-2-22-15-9-4-3-8-14(15)21-17(18(22)24)25-12-16(23)20-11-13-7-5-6-10-19-13/h3-10H,2,11-12H2,1H3,(H,20,23). The maximum absolute atomic E-state index is 12.5. The third-order valence-electron chi connectivity index (χ3n) is 3.67. The van der Waals surface area contributed by atoms with Gasteiger partial charge in [0, 0.05) is 12.7 Å². The van der Waals surface area contributed by atoms with E-state index in [-0.39, 0.29) is 17.2 Å². The van der Waals surface area contributed by atoms with Crippen molar-refractivity contribution in [1.82, 2.24) is 19.9 Å². The lowest BCUT2D eigenvalue weighted by atomic mass is 10.3. The SMILES string of the molecule is CCn1c(=O)c(SCC(=O)NCc2ccccn2)nc2ccccc21. The van der Waals surface area contributed by atoms with Gasteiger partial charge < -0.3 is 9.88 Å². The minimum Gasteiger partial charge on any atom is -0.350 e. The number of pyridine rings is 1. The fourth-order valence-corrected chi connectivity index (χ4v) is 3.22. The van der Waals surface area contributed by atoms with Gasteiger partial charge in [-0.05, 0) is 31.2 Å². The molecule has 2 heterocycles. The number of benzene rings is 1. The van der Waals surface area contributed by atoms with Crippen LogP contribution >= 0.6 is 11.8 Å². The van der Waals surface area contributed by atoms with Crippen molar-refractivity contribution < 1.29 is 4.79 Å². The molecule has 25 heavy (non-hydrogen) atoms. The second kappa shape index (κ2) is 7.94. The summed E-state index contributed by atoms with van der Waals surface area (Å²) in [5.74, 6) is -0.0232. The summed E-state index contributed by atoms with van der Waals surface area (Å²) in [4.78, 5) is 33.1. The van der Waals surface area contributed by atoms with Crippen LogP contribution in [0.1, 0.15) is 12.6 Å². The predicted octanol–water partition coefficient (Wildman–Crippen LogP) is 2.22. The van der Waals surface area contributed by atoms with Crippen LogP contribution in [0.15, 0.2) is 58.5 Å². The van der Waals surface area contributed by atoms with E-state index >= 15 is 0 Å². The largest absolute Gasteiger partial charge is 0.350 e. The molecule has 0 bridgehead atoms. The molecule has 0 radical (unpaired) electrons. The number of hydrogen-bond donors (Lipinski definition) is 1. The molecule has 0 spiro atoms. The van der Waals surface area contributed by atoms with E-state index < -0.39 is 0 Å². The van der Waals surface area contributed by atoms with Gasteiger partial charge in [0.15, 0.2) is 5.03 Å². The molecule has 0 saturated carbocycles. The van der Waals surface area contributed by atoms with Gasteiger partial charge in [-0.25, -0.2) is 4.98 Å². The van der Waals surface area contributed by atoms with Gasteiger partial charge in [-0.1, -0.05) is 30.0 Å². The number of carbonyl (C=O) groups is 1. The number of aryl methyl sites for hydroxylation is 1. The van der Waals surface area contributed by atoms with E-state index in [9.17, 15) is 9.59 Å². The van der Waals surface area contributed by atoms with Crippen LogP contribution in [-0.4, -0.2) is 26.2 Å². The van der Waals surface area contributed by atoms with Crippen LogP contribution in [0.5, 0.6) is 0 Å². The molecule has 0 fully saturated rings. The summed E-state index contributed by atoms with van der Waals surface area (Å²) in [6.45, 7) is 2.84. The maximum atomic E-state index is 12.5. The van der Waals surface area contributed by atoms with Gasteiger partial charge in [0.25, 0.3) is 5.56 Å². The van der Waals surface area contributed by atoms with Crippen molar-refractivity contribution in [2.24, 2.45) is 0 Å². The van der Waals surface area contributed by atoms with Gasteiger partial charge in [-0.2, -0.15) is 0 Å². The molecule has 0 saturated heterocycles. The molecule has 6 nitrogen and oxygen atoms in total. The Hall–Kier alpha value is -2.67. The highest BCUT2D eigenvalue weighted by Gasteiger charge is 2.12. The van der Waals surface area contributed by atoms with Gasteiger partial charge in [0.1, 0.15) is 0 Å². The highest BCUT2D eigenvalue weighted by atomic mass is 32.2. The molecule has 3 aromatic rings. The molecular formula is C18H18N4O2S. The van der Waals surface area contributed by atoms with Crippen molar-refractivity contribution in [1.29, 1.82) is 0 Å².